The quantitative estimate of drug-likeness (QED) is 0.470. The molecule has 0 amide bonds. The summed E-state index contributed by atoms with van der Waals surface area (Å²) in [6.07, 6.45) is 1.94. The Morgan fingerprint density at radius 2 is 1.50 bits per heavy atom. The highest BCUT2D eigenvalue weighted by atomic mass is 16.5. The largest absolute Gasteiger partial charge is 0.379 e. The van der Waals surface area contributed by atoms with E-state index < -0.39 is 0 Å². The minimum absolute atomic E-state index is 0.0203. The predicted octanol–water partition coefficient (Wildman–Crippen LogP) is 2.37. The number of nitrogens with one attached hydrogen (secondary N) is 1. The third-order valence-corrected chi connectivity index (χ3v) is 3.21. The first kappa shape index (κ1) is 21.2. The lowest BCUT2D eigenvalue weighted by molar-refractivity contribution is -0.126. The molecule has 22 heavy (non-hydrogen) atoms. The number of ether oxygens (including phenoxy) is 2. The van der Waals surface area contributed by atoms with Gasteiger partial charge in [0.15, 0.2) is 0 Å². The van der Waals surface area contributed by atoms with E-state index in [-0.39, 0.29) is 17.5 Å². The van der Waals surface area contributed by atoms with Crippen molar-refractivity contribution in [3.63, 3.8) is 0 Å². The molecule has 0 aliphatic heterocycles. The van der Waals surface area contributed by atoms with Crippen LogP contribution in [-0.2, 0) is 19.1 Å². The van der Waals surface area contributed by atoms with Gasteiger partial charge in [-0.05, 0) is 6.42 Å². The van der Waals surface area contributed by atoms with E-state index in [9.17, 15) is 9.59 Å². The highest BCUT2D eigenvalue weighted by molar-refractivity contribution is 5.86. The zero-order chi connectivity index (χ0) is 16.8. The standard InChI is InChI=1S/C17H33NO4/c1-14(2)17(20)8-7-16(19)6-5-10-21-12-13-22-11-9-18-15(3)4/h14-15,18H,5-13H2,1-4H3. The van der Waals surface area contributed by atoms with Crippen LogP contribution in [0.2, 0.25) is 0 Å². The molecule has 0 saturated carbocycles. The molecule has 5 heteroatoms. The van der Waals surface area contributed by atoms with Gasteiger partial charge in [0.25, 0.3) is 0 Å². The lowest BCUT2D eigenvalue weighted by atomic mass is 10.0. The lowest BCUT2D eigenvalue weighted by Crippen LogP contribution is -2.27. The third kappa shape index (κ3) is 14.2. The number of hydrogen-bond donors (Lipinski definition) is 1. The van der Waals surface area contributed by atoms with E-state index >= 15 is 0 Å². The molecule has 0 aromatic rings. The Morgan fingerprint density at radius 1 is 0.864 bits per heavy atom. The van der Waals surface area contributed by atoms with Crippen molar-refractivity contribution in [2.75, 3.05) is 33.0 Å². The predicted molar refractivity (Wildman–Crippen MR) is 88.1 cm³/mol. The van der Waals surface area contributed by atoms with Gasteiger partial charge >= 0.3 is 0 Å². The van der Waals surface area contributed by atoms with Crippen molar-refractivity contribution < 1.29 is 19.1 Å². The molecule has 0 bridgehead atoms. The Hall–Kier alpha value is -0.780. The molecule has 0 heterocycles. The maximum absolute atomic E-state index is 11.6. The zero-order valence-corrected chi connectivity index (χ0v) is 14.7. The average molecular weight is 315 g/mol. The molecule has 0 radical (unpaired) electrons. The summed E-state index contributed by atoms with van der Waals surface area (Å²) in [4.78, 5) is 23.0. The number of carbonyl (C=O) groups is 2. The fourth-order valence-electron chi connectivity index (χ4n) is 1.79. The molecule has 0 rings (SSSR count). The molecular weight excluding hydrogens is 282 g/mol. The maximum Gasteiger partial charge on any atom is 0.135 e. The molecule has 5 nitrogen and oxygen atoms in total. The lowest BCUT2D eigenvalue weighted by Gasteiger charge is -2.09. The van der Waals surface area contributed by atoms with Gasteiger partial charge in [0.2, 0.25) is 0 Å². The number of Topliss-reactive ketones (excluding diaryl/α,β-unsaturated/α-hetero) is 2. The van der Waals surface area contributed by atoms with Crippen molar-refractivity contribution in [3.05, 3.63) is 0 Å². The zero-order valence-electron chi connectivity index (χ0n) is 14.7. The summed E-state index contributed by atoms with van der Waals surface area (Å²) in [7, 11) is 0. The van der Waals surface area contributed by atoms with E-state index in [4.69, 9.17) is 9.47 Å². The second-order valence-electron chi connectivity index (χ2n) is 6.10. The molecule has 130 valence electrons. The Labute approximate surface area is 135 Å². The second-order valence-corrected chi connectivity index (χ2v) is 6.10. The molecule has 0 saturated heterocycles. The molecule has 0 spiro atoms. The Kier molecular flexibility index (Phi) is 13.4. The van der Waals surface area contributed by atoms with Crippen LogP contribution in [0.4, 0.5) is 0 Å². The Morgan fingerprint density at radius 3 is 2.09 bits per heavy atom. The minimum atomic E-state index is 0.0203. The topological polar surface area (TPSA) is 64.6 Å². The van der Waals surface area contributed by atoms with E-state index in [2.05, 4.69) is 19.2 Å². The maximum atomic E-state index is 11.6. The van der Waals surface area contributed by atoms with E-state index in [1.54, 1.807) is 0 Å². The van der Waals surface area contributed by atoms with Crippen molar-refractivity contribution in [1.29, 1.82) is 0 Å². The van der Waals surface area contributed by atoms with E-state index in [1.807, 2.05) is 13.8 Å². The first-order valence-corrected chi connectivity index (χ1v) is 8.36. The first-order valence-electron chi connectivity index (χ1n) is 8.36. The summed E-state index contributed by atoms with van der Waals surface area (Å²) in [6.45, 7) is 11.2. The monoisotopic (exact) mass is 315 g/mol. The van der Waals surface area contributed by atoms with Crippen LogP contribution in [0, 0.1) is 5.92 Å². The number of carbonyl (C=O) groups excluding carboxylic acids is 2. The fraction of sp³-hybridized carbons (Fsp3) is 0.882. The van der Waals surface area contributed by atoms with Crippen molar-refractivity contribution in [2.24, 2.45) is 5.92 Å². The Balaban J connectivity index is 3.28. The fourth-order valence-corrected chi connectivity index (χ4v) is 1.79. The van der Waals surface area contributed by atoms with Crippen LogP contribution >= 0.6 is 0 Å². The smallest absolute Gasteiger partial charge is 0.135 e. The van der Waals surface area contributed by atoms with Gasteiger partial charge in [-0.15, -0.1) is 0 Å². The van der Waals surface area contributed by atoms with E-state index in [0.717, 1.165) is 6.54 Å². The highest BCUT2D eigenvalue weighted by Gasteiger charge is 2.10. The number of rotatable bonds is 15. The molecule has 0 atom stereocenters. The van der Waals surface area contributed by atoms with Crippen molar-refractivity contribution in [3.8, 4) is 0 Å². The molecule has 0 aliphatic carbocycles. The average Bonchev–Trinajstić information content (AvgIpc) is 2.46. The van der Waals surface area contributed by atoms with Gasteiger partial charge < -0.3 is 14.8 Å². The summed E-state index contributed by atoms with van der Waals surface area (Å²) in [6, 6.07) is 0.480. The van der Waals surface area contributed by atoms with Crippen LogP contribution in [0.3, 0.4) is 0 Å². The number of hydrogen-bond acceptors (Lipinski definition) is 5. The summed E-state index contributed by atoms with van der Waals surface area (Å²) in [5.74, 6) is 0.328. The van der Waals surface area contributed by atoms with Gasteiger partial charge in [0.1, 0.15) is 11.6 Å². The summed E-state index contributed by atoms with van der Waals surface area (Å²) in [5.41, 5.74) is 0. The van der Waals surface area contributed by atoms with E-state index in [0.29, 0.717) is 58.2 Å². The van der Waals surface area contributed by atoms with Crippen LogP contribution in [0.25, 0.3) is 0 Å². The van der Waals surface area contributed by atoms with Crippen molar-refractivity contribution in [2.45, 2.75) is 59.4 Å². The van der Waals surface area contributed by atoms with Crippen LogP contribution in [-0.4, -0.2) is 50.6 Å². The van der Waals surface area contributed by atoms with E-state index in [1.165, 1.54) is 0 Å². The van der Waals surface area contributed by atoms with Crippen LogP contribution in [0.1, 0.15) is 53.4 Å². The molecule has 0 aliphatic rings. The molecule has 0 unspecified atom stereocenters. The highest BCUT2D eigenvalue weighted by Crippen LogP contribution is 2.05. The van der Waals surface area contributed by atoms with Crippen LogP contribution < -0.4 is 5.32 Å². The molecule has 0 fully saturated rings. The SMILES string of the molecule is CC(C)NCCOCCOCCCC(=O)CCC(=O)C(C)C. The van der Waals surface area contributed by atoms with Gasteiger partial charge in [-0.1, -0.05) is 27.7 Å². The summed E-state index contributed by atoms with van der Waals surface area (Å²) in [5, 5.41) is 3.27. The van der Waals surface area contributed by atoms with Crippen molar-refractivity contribution >= 4 is 11.6 Å². The molecule has 0 aromatic carbocycles. The molecule has 0 aromatic heterocycles. The molecular formula is C17H33NO4. The minimum Gasteiger partial charge on any atom is -0.379 e. The second kappa shape index (κ2) is 13.9. The van der Waals surface area contributed by atoms with Crippen LogP contribution in [0.15, 0.2) is 0 Å². The Bertz CT molecular complexity index is 303. The molecule has 1 N–H and O–H groups in total. The van der Waals surface area contributed by atoms with Gasteiger partial charge in [-0.25, -0.2) is 0 Å². The summed E-state index contributed by atoms with van der Waals surface area (Å²) < 4.78 is 10.8. The normalized spacial score (nSPS) is 11.4. The number of ketones is 2. The van der Waals surface area contributed by atoms with Gasteiger partial charge in [0, 0.05) is 44.4 Å². The van der Waals surface area contributed by atoms with Gasteiger partial charge in [-0.2, -0.15) is 0 Å². The first-order chi connectivity index (χ1) is 10.4. The third-order valence-electron chi connectivity index (χ3n) is 3.21. The van der Waals surface area contributed by atoms with Crippen molar-refractivity contribution in [1.82, 2.24) is 5.32 Å². The summed E-state index contributed by atoms with van der Waals surface area (Å²) >= 11 is 0. The van der Waals surface area contributed by atoms with Crippen LogP contribution in [0.5, 0.6) is 0 Å². The van der Waals surface area contributed by atoms with Gasteiger partial charge in [-0.3, -0.25) is 9.59 Å². The van der Waals surface area contributed by atoms with Gasteiger partial charge in [0.05, 0.1) is 19.8 Å².